The summed E-state index contributed by atoms with van der Waals surface area (Å²) < 4.78 is 0. The Labute approximate surface area is 79.5 Å². The number of allylic oxidation sites excluding steroid dienone is 2. The summed E-state index contributed by atoms with van der Waals surface area (Å²) in [6.45, 7) is 0. The minimum atomic E-state index is 0.842. The van der Waals surface area contributed by atoms with Crippen LogP contribution in [0.4, 0.5) is 0 Å². The fraction of sp³-hybridized carbons (Fsp3) is 0.417. The molecule has 0 saturated carbocycles. The Kier molecular flexibility index (Phi) is 2.75. The Morgan fingerprint density at radius 2 is 2.38 bits per heavy atom. The lowest BCUT2D eigenvalue weighted by molar-refractivity contribution is 0.477. The third-order valence-electron chi connectivity index (χ3n) is 2.62. The highest BCUT2D eigenvalue weighted by Gasteiger charge is 2.09. The van der Waals surface area contributed by atoms with E-state index in [9.17, 15) is 0 Å². The summed E-state index contributed by atoms with van der Waals surface area (Å²) in [6.07, 6.45) is 13.5. The Balaban J connectivity index is 1.94. The van der Waals surface area contributed by atoms with Crippen LogP contribution in [0.5, 0.6) is 0 Å². The van der Waals surface area contributed by atoms with Crippen molar-refractivity contribution in [1.82, 2.24) is 4.98 Å². The van der Waals surface area contributed by atoms with Crippen molar-refractivity contribution >= 4 is 0 Å². The third-order valence-corrected chi connectivity index (χ3v) is 2.62. The molecule has 1 unspecified atom stereocenters. The Hall–Kier alpha value is -1.11. The fourth-order valence-corrected chi connectivity index (χ4v) is 1.89. The van der Waals surface area contributed by atoms with Crippen molar-refractivity contribution in [3.05, 3.63) is 42.2 Å². The second kappa shape index (κ2) is 4.22. The summed E-state index contributed by atoms with van der Waals surface area (Å²) in [5.41, 5.74) is 1.38. The van der Waals surface area contributed by atoms with Crippen LogP contribution in [0.25, 0.3) is 0 Å². The van der Waals surface area contributed by atoms with Crippen LogP contribution in [0.1, 0.15) is 24.8 Å². The number of hydrogen-bond donors (Lipinski definition) is 0. The molecule has 0 radical (unpaired) electrons. The average Bonchev–Trinajstić information content (AvgIpc) is 2.21. The average molecular weight is 173 g/mol. The first-order chi connectivity index (χ1) is 6.45. The second-order valence-corrected chi connectivity index (χ2v) is 3.72. The van der Waals surface area contributed by atoms with Crippen molar-refractivity contribution < 1.29 is 0 Å². The van der Waals surface area contributed by atoms with Gasteiger partial charge in [0.05, 0.1) is 0 Å². The van der Waals surface area contributed by atoms with E-state index in [0.29, 0.717) is 0 Å². The lowest BCUT2D eigenvalue weighted by Crippen LogP contribution is -2.06. The standard InChI is InChI=1S/C12H15N/c1-2-5-11(6-3-1)9-12-7-4-8-13-10-12/h1-2,4,7-8,10-11H,3,5-6,9H2. The van der Waals surface area contributed by atoms with E-state index in [4.69, 9.17) is 0 Å². The summed E-state index contributed by atoms with van der Waals surface area (Å²) >= 11 is 0. The monoisotopic (exact) mass is 173 g/mol. The molecule has 0 aliphatic heterocycles. The molecule has 1 aliphatic carbocycles. The van der Waals surface area contributed by atoms with Gasteiger partial charge in [0, 0.05) is 12.4 Å². The first-order valence-corrected chi connectivity index (χ1v) is 4.99. The van der Waals surface area contributed by atoms with Crippen LogP contribution in [-0.4, -0.2) is 4.98 Å². The van der Waals surface area contributed by atoms with Gasteiger partial charge in [-0.3, -0.25) is 4.98 Å². The van der Waals surface area contributed by atoms with E-state index in [-0.39, 0.29) is 0 Å². The van der Waals surface area contributed by atoms with Crippen molar-refractivity contribution in [3.8, 4) is 0 Å². The van der Waals surface area contributed by atoms with Crippen LogP contribution in [0.15, 0.2) is 36.7 Å². The summed E-state index contributed by atoms with van der Waals surface area (Å²) in [5.74, 6) is 0.842. The molecule has 0 bridgehead atoms. The van der Waals surface area contributed by atoms with Crippen LogP contribution < -0.4 is 0 Å². The van der Waals surface area contributed by atoms with Crippen molar-refractivity contribution in [2.45, 2.75) is 25.7 Å². The Morgan fingerprint density at radius 1 is 1.38 bits per heavy atom. The first kappa shape index (κ1) is 8.49. The number of rotatable bonds is 2. The van der Waals surface area contributed by atoms with Crippen molar-refractivity contribution in [1.29, 1.82) is 0 Å². The van der Waals surface area contributed by atoms with E-state index in [1.54, 1.807) is 0 Å². The van der Waals surface area contributed by atoms with Crippen LogP contribution >= 0.6 is 0 Å². The van der Waals surface area contributed by atoms with E-state index in [0.717, 1.165) is 5.92 Å². The molecular weight excluding hydrogens is 158 g/mol. The van der Waals surface area contributed by atoms with Crippen LogP contribution in [0.2, 0.25) is 0 Å². The summed E-state index contributed by atoms with van der Waals surface area (Å²) in [6, 6.07) is 4.19. The molecule has 13 heavy (non-hydrogen) atoms. The molecule has 0 fully saturated rings. The van der Waals surface area contributed by atoms with Crippen molar-refractivity contribution in [3.63, 3.8) is 0 Å². The lowest BCUT2D eigenvalue weighted by atomic mass is 9.89. The highest BCUT2D eigenvalue weighted by molar-refractivity contribution is 5.10. The van der Waals surface area contributed by atoms with E-state index < -0.39 is 0 Å². The van der Waals surface area contributed by atoms with Gasteiger partial charge in [-0.2, -0.15) is 0 Å². The topological polar surface area (TPSA) is 12.9 Å². The van der Waals surface area contributed by atoms with E-state index in [1.165, 1.54) is 31.2 Å². The zero-order valence-electron chi connectivity index (χ0n) is 7.82. The van der Waals surface area contributed by atoms with Gasteiger partial charge in [0.25, 0.3) is 0 Å². The smallest absolute Gasteiger partial charge is 0.0299 e. The molecule has 68 valence electrons. The van der Waals surface area contributed by atoms with E-state index in [1.807, 2.05) is 18.5 Å². The van der Waals surface area contributed by atoms with Gasteiger partial charge in [0.15, 0.2) is 0 Å². The lowest BCUT2D eigenvalue weighted by Gasteiger charge is -2.16. The summed E-state index contributed by atoms with van der Waals surface area (Å²) in [7, 11) is 0. The highest BCUT2D eigenvalue weighted by atomic mass is 14.6. The largest absolute Gasteiger partial charge is 0.264 e. The van der Waals surface area contributed by atoms with Gasteiger partial charge < -0.3 is 0 Å². The predicted octanol–water partition coefficient (Wildman–Crippen LogP) is 2.98. The maximum atomic E-state index is 4.13. The van der Waals surface area contributed by atoms with Gasteiger partial charge in [-0.25, -0.2) is 0 Å². The second-order valence-electron chi connectivity index (χ2n) is 3.72. The molecule has 1 nitrogen and oxygen atoms in total. The third kappa shape index (κ3) is 2.41. The minimum Gasteiger partial charge on any atom is -0.264 e. The number of pyridine rings is 1. The van der Waals surface area contributed by atoms with Gasteiger partial charge in [-0.1, -0.05) is 18.2 Å². The molecule has 1 aliphatic rings. The molecule has 1 aromatic rings. The zero-order valence-corrected chi connectivity index (χ0v) is 7.82. The molecule has 0 amide bonds. The molecule has 0 spiro atoms. The quantitative estimate of drug-likeness (QED) is 0.626. The number of aromatic nitrogens is 1. The Morgan fingerprint density at radius 3 is 3.08 bits per heavy atom. The molecule has 0 N–H and O–H groups in total. The van der Waals surface area contributed by atoms with Gasteiger partial charge in [0.2, 0.25) is 0 Å². The molecule has 0 aromatic carbocycles. The SMILES string of the molecule is C1=CCC(Cc2cccnc2)CC1. The Bertz CT molecular complexity index is 276. The first-order valence-electron chi connectivity index (χ1n) is 4.99. The van der Waals surface area contributed by atoms with E-state index in [2.05, 4.69) is 23.2 Å². The van der Waals surface area contributed by atoms with E-state index >= 15 is 0 Å². The van der Waals surface area contributed by atoms with Gasteiger partial charge >= 0.3 is 0 Å². The van der Waals surface area contributed by atoms with Gasteiger partial charge in [-0.05, 0) is 43.2 Å². The van der Waals surface area contributed by atoms with Crippen molar-refractivity contribution in [2.75, 3.05) is 0 Å². The van der Waals surface area contributed by atoms with Crippen LogP contribution in [0.3, 0.4) is 0 Å². The molecule has 2 rings (SSSR count). The molecule has 1 heterocycles. The zero-order chi connectivity index (χ0) is 8.93. The molecular formula is C12H15N. The fourth-order valence-electron chi connectivity index (χ4n) is 1.89. The van der Waals surface area contributed by atoms with Gasteiger partial charge in [-0.15, -0.1) is 0 Å². The molecule has 1 heteroatoms. The number of hydrogen-bond acceptors (Lipinski definition) is 1. The number of nitrogens with zero attached hydrogens (tertiary/aromatic N) is 1. The summed E-state index contributed by atoms with van der Waals surface area (Å²) in [4.78, 5) is 4.13. The molecule has 1 atom stereocenters. The summed E-state index contributed by atoms with van der Waals surface area (Å²) in [5, 5.41) is 0. The highest BCUT2D eigenvalue weighted by Crippen LogP contribution is 2.21. The van der Waals surface area contributed by atoms with Crippen LogP contribution in [0, 0.1) is 5.92 Å². The van der Waals surface area contributed by atoms with Crippen molar-refractivity contribution in [2.24, 2.45) is 5.92 Å². The predicted molar refractivity (Wildman–Crippen MR) is 54.4 cm³/mol. The molecule has 0 saturated heterocycles. The maximum Gasteiger partial charge on any atom is 0.0299 e. The maximum absolute atomic E-state index is 4.13. The van der Waals surface area contributed by atoms with Gasteiger partial charge in [0.1, 0.15) is 0 Å². The minimum absolute atomic E-state index is 0.842. The normalized spacial score (nSPS) is 21.7. The van der Waals surface area contributed by atoms with Crippen LogP contribution in [-0.2, 0) is 6.42 Å². The molecule has 1 aromatic heterocycles.